The van der Waals surface area contributed by atoms with Gasteiger partial charge in [0, 0.05) is 49.7 Å². The van der Waals surface area contributed by atoms with E-state index in [9.17, 15) is 10.1 Å². The maximum Gasteiger partial charge on any atom is 0.254 e. The average molecular weight is 428 g/mol. The fourth-order valence-corrected chi connectivity index (χ4v) is 3.53. The molecule has 3 heterocycles. The largest absolute Gasteiger partial charge is 0.352 e. The molecule has 1 aromatic carbocycles. The lowest BCUT2D eigenvalue weighted by Gasteiger charge is -2.35. The van der Waals surface area contributed by atoms with Crippen LogP contribution in [0.3, 0.4) is 0 Å². The molecule has 152 valence electrons. The molecule has 7 heteroatoms. The lowest BCUT2D eigenvalue weighted by atomic mass is 10.1. The van der Waals surface area contributed by atoms with Gasteiger partial charge in [-0.25, -0.2) is 9.97 Å². The summed E-state index contributed by atoms with van der Waals surface area (Å²) in [6.07, 6.45) is 3.35. The molecule has 0 N–H and O–H groups in total. The molecule has 31 heavy (non-hydrogen) atoms. The van der Waals surface area contributed by atoms with E-state index in [0.717, 1.165) is 0 Å². The normalized spacial score (nSPS) is 13.2. The van der Waals surface area contributed by atoms with Crippen LogP contribution < -0.4 is 4.90 Å². The highest BCUT2D eigenvalue weighted by molar-refractivity contribution is 6.31. The molecule has 3 aromatic rings. The van der Waals surface area contributed by atoms with Gasteiger partial charge in [-0.1, -0.05) is 23.6 Å². The van der Waals surface area contributed by atoms with Gasteiger partial charge in [-0.2, -0.15) is 5.26 Å². The summed E-state index contributed by atoms with van der Waals surface area (Å²) in [7, 11) is 0. The number of pyridine rings is 2. The van der Waals surface area contributed by atoms with Crippen LogP contribution in [0.4, 0.5) is 5.82 Å². The standard InChI is InChI=1S/C24H18ClN5O/c25-22-9-7-19(16-18(22)6-8-21-5-1-2-10-27-21)24(31)30-14-12-29(13-15-30)23-20(17-26)4-3-11-28-23/h1-5,7,9-11,16H,12-15H2. The summed E-state index contributed by atoms with van der Waals surface area (Å²) in [6.45, 7) is 2.30. The second kappa shape index (κ2) is 9.30. The number of hydrogen-bond acceptors (Lipinski definition) is 5. The molecule has 1 aliphatic heterocycles. The number of hydrogen-bond donors (Lipinski definition) is 0. The molecular weight excluding hydrogens is 410 g/mol. The molecule has 0 bridgehead atoms. The lowest BCUT2D eigenvalue weighted by Crippen LogP contribution is -2.49. The average Bonchev–Trinajstić information content (AvgIpc) is 2.84. The van der Waals surface area contributed by atoms with Crippen molar-refractivity contribution in [3.8, 4) is 17.9 Å². The Morgan fingerprint density at radius 1 is 0.935 bits per heavy atom. The zero-order chi connectivity index (χ0) is 21.6. The third-order valence-corrected chi connectivity index (χ3v) is 5.31. The quantitative estimate of drug-likeness (QED) is 0.586. The SMILES string of the molecule is N#Cc1cccnc1N1CCN(C(=O)c2ccc(Cl)c(C#Cc3ccccn3)c2)CC1. The lowest BCUT2D eigenvalue weighted by molar-refractivity contribution is 0.0746. The number of piperazine rings is 1. The fourth-order valence-electron chi connectivity index (χ4n) is 3.36. The minimum atomic E-state index is -0.0706. The number of amides is 1. The van der Waals surface area contributed by atoms with E-state index in [1.807, 2.05) is 23.1 Å². The van der Waals surface area contributed by atoms with Crippen molar-refractivity contribution in [2.24, 2.45) is 0 Å². The highest BCUT2D eigenvalue weighted by Gasteiger charge is 2.24. The molecule has 6 nitrogen and oxygen atoms in total. The van der Waals surface area contributed by atoms with Crippen molar-refractivity contribution >= 4 is 23.3 Å². The van der Waals surface area contributed by atoms with Crippen molar-refractivity contribution in [3.63, 3.8) is 0 Å². The number of rotatable bonds is 2. The molecule has 1 aliphatic rings. The Kier molecular flexibility index (Phi) is 6.12. The molecule has 2 aromatic heterocycles. The van der Waals surface area contributed by atoms with Crippen molar-refractivity contribution in [1.82, 2.24) is 14.9 Å². The number of halogens is 1. The molecule has 0 atom stereocenters. The first-order chi connectivity index (χ1) is 15.2. The summed E-state index contributed by atoms with van der Waals surface area (Å²) in [6, 6.07) is 16.3. The van der Waals surface area contributed by atoms with E-state index in [2.05, 4.69) is 27.9 Å². The van der Waals surface area contributed by atoms with E-state index in [1.165, 1.54) is 0 Å². The van der Waals surface area contributed by atoms with Gasteiger partial charge in [-0.3, -0.25) is 4.79 Å². The highest BCUT2D eigenvalue weighted by atomic mass is 35.5. The van der Waals surface area contributed by atoms with Crippen LogP contribution in [-0.4, -0.2) is 47.0 Å². The maximum absolute atomic E-state index is 13.0. The summed E-state index contributed by atoms with van der Waals surface area (Å²) in [4.78, 5) is 25.4. The van der Waals surface area contributed by atoms with Crippen molar-refractivity contribution in [1.29, 1.82) is 5.26 Å². The Morgan fingerprint density at radius 2 is 1.74 bits per heavy atom. The topological polar surface area (TPSA) is 73.1 Å². The molecule has 0 spiro atoms. The molecule has 0 saturated carbocycles. The monoisotopic (exact) mass is 427 g/mol. The van der Waals surface area contributed by atoms with Gasteiger partial charge < -0.3 is 9.80 Å². The first-order valence-electron chi connectivity index (χ1n) is 9.77. The Morgan fingerprint density at radius 3 is 2.48 bits per heavy atom. The number of benzene rings is 1. The van der Waals surface area contributed by atoms with Crippen LogP contribution in [0, 0.1) is 23.2 Å². The van der Waals surface area contributed by atoms with Crippen LogP contribution in [0.15, 0.2) is 60.9 Å². The van der Waals surface area contributed by atoms with Crippen LogP contribution >= 0.6 is 11.6 Å². The van der Waals surface area contributed by atoms with E-state index < -0.39 is 0 Å². The minimum Gasteiger partial charge on any atom is -0.352 e. The van der Waals surface area contributed by atoms with Crippen LogP contribution in [-0.2, 0) is 0 Å². The van der Waals surface area contributed by atoms with Crippen molar-refractivity contribution in [3.05, 3.63) is 88.3 Å². The first kappa shape index (κ1) is 20.4. The van der Waals surface area contributed by atoms with Crippen LogP contribution in [0.5, 0.6) is 0 Å². The van der Waals surface area contributed by atoms with Crippen LogP contribution in [0.25, 0.3) is 0 Å². The van der Waals surface area contributed by atoms with E-state index in [-0.39, 0.29) is 5.91 Å². The van der Waals surface area contributed by atoms with E-state index >= 15 is 0 Å². The molecule has 0 unspecified atom stereocenters. The van der Waals surface area contributed by atoms with Gasteiger partial charge in [0.2, 0.25) is 0 Å². The van der Waals surface area contributed by atoms with Gasteiger partial charge in [0.15, 0.2) is 0 Å². The highest BCUT2D eigenvalue weighted by Crippen LogP contribution is 2.21. The Bertz CT molecular complexity index is 1200. The second-order valence-electron chi connectivity index (χ2n) is 6.93. The number of nitriles is 1. The Balaban J connectivity index is 1.47. The van der Waals surface area contributed by atoms with Gasteiger partial charge in [0.25, 0.3) is 5.91 Å². The predicted octanol–water partition coefficient (Wildman–Crippen LogP) is 3.36. The number of anilines is 1. The van der Waals surface area contributed by atoms with Gasteiger partial charge in [-0.15, -0.1) is 0 Å². The Labute approximate surface area is 185 Å². The van der Waals surface area contributed by atoms with Gasteiger partial charge in [0.05, 0.1) is 10.6 Å². The van der Waals surface area contributed by atoms with E-state index in [0.29, 0.717) is 59.4 Å². The summed E-state index contributed by atoms with van der Waals surface area (Å²) in [5.74, 6) is 6.57. The van der Waals surface area contributed by atoms with Crippen LogP contribution in [0.2, 0.25) is 5.02 Å². The maximum atomic E-state index is 13.0. The second-order valence-corrected chi connectivity index (χ2v) is 7.33. The van der Waals surface area contributed by atoms with Crippen LogP contribution in [0.1, 0.15) is 27.2 Å². The third-order valence-electron chi connectivity index (χ3n) is 4.98. The van der Waals surface area contributed by atoms with E-state index in [4.69, 9.17) is 11.6 Å². The molecule has 1 saturated heterocycles. The Hall–Kier alpha value is -3.87. The summed E-state index contributed by atoms with van der Waals surface area (Å²) in [5.41, 5.74) is 2.30. The number of carbonyl (C=O) groups excluding carboxylic acids is 1. The summed E-state index contributed by atoms with van der Waals surface area (Å²) < 4.78 is 0. The zero-order valence-corrected chi connectivity index (χ0v) is 17.4. The van der Waals surface area contributed by atoms with Gasteiger partial charge in [-0.05, 0) is 48.4 Å². The minimum absolute atomic E-state index is 0.0706. The molecule has 1 amide bonds. The zero-order valence-electron chi connectivity index (χ0n) is 16.6. The molecule has 0 radical (unpaired) electrons. The van der Waals surface area contributed by atoms with Gasteiger partial charge in [0.1, 0.15) is 17.6 Å². The molecule has 0 aliphatic carbocycles. The first-order valence-corrected chi connectivity index (χ1v) is 10.2. The van der Waals surface area contributed by atoms with Crippen molar-refractivity contribution in [2.75, 3.05) is 31.1 Å². The van der Waals surface area contributed by atoms with Gasteiger partial charge >= 0.3 is 0 Å². The molecule has 4 rings (SSSR count). The summed E-state index contributed by atoms with van der Waals surface area (Å²) in [5, 5.41) is 9.79. The number of carbonyl (C=O) groups is 1. The number of aromatic nitrogens is 2. The smallest absolute Gasteiger partial charge is 0.254 e. The fraction of sp³-hybridized carbons (Fsp3) is 0.167. The molecular formula is C24H18ClN5O. The van der Waals surface area contributed by atoms with E-state index in [1.54, 1.807) is 47.6 Å². The third kappa shape index (κ3) is 4.66. The summed E-state index contributed by atoms with van der Waals surface area (Å²) >= 11 is 6.28. The van der Waals surface area contributed by atoms with Crippen molar-refractivity contribution < 1.29 is 4.79 Å². The predicted molar refractivity (Wildman–Crippen MR) is 119 cm³/mol. The number of nitrogens with zero attached hydrogens (tertiary/aromatic N) is 5. The van der Waals surface area contributed by atoms with Crippen molar-refractivity contribution in [2.45, 2.75) is 0 Å². The molecule has 1 fully saturated rings.